The van der Waals surface area contributed by atoms with Crippen molar-refractivity contribution in [2.75, 3.05) is 20.2 Å². The second kappa shape index (κ2) is 7.94. The maximum absolute atomic E-state index is 12.6. The normalized spacial score (nSPS) is 11.8. The molecule has 1 aromatic rings. The van der Waals surface area contributed by atoms with Crippen LogP contribution >= 0.6 is 15.9 Å². The maximum Gasteiger partial charge on any atom is 0.247 e. The number of benzene rings is 1. The van der Waals surface area contributed by atoms with E-state index < -0.39 is 10.0 Å². The van der Waals surface area contributed by atoms with Gasteiger partial charge < -0.3 is 10.1 Å². The summed E-state index contributed by atoms with van der Waals surface area (Å²) in [5, 5.41) is 2.66. The molecule has 0 unspecified atom stereocenters. The smallest absolute Gasteiger partial charge is 0.247 e. The van der Waals surface area contributed by atoms with E-state index in [1.807, 2.05) is 13.8 Å². The number of carbonyl (C=O) groups excluding carboxylic acids is 1. The van der Waals surface area contributed by atoms with Crippen molar-refractivity contribution >= 4 is 31.9 Å². The van der Waals surface area contributed by atoms with Crippen LogP contribution in [0.2, 0.25) is 0 Å². The van der Waals surface area contributed by atoms with Gasteiger partial charge in [-0.05, 0) is 39.0 Å². The molecule has 22 heavy (non-hydrogen) atoms. The van der Waals surface area contributed by atoms with Gasteiger partial charge in [-0.2, -0.15) is 4.31 Å². The molecule has 0 saturated carbocycles. The summed E-state index contributed by atoms with van der Waals surface area (Å²) in [6, 6.07) is 4.71. The quantitative estimate of drug-likeness (QED) is 0.769. The van der Waals surface area contributed by atoms with E-state index in [4.69, 9.17) is 4.74 Å². The first-order valence-electron chi connectivity index (χ1n) is 6.86. The van der Waals surface area contributed by atoms with E-state index in [0.29, 0.717) is 11.1 Å². The molecule has 0 heterocycles. The molecule has 6 nitrogen and oxygen atoms in total. The Morgan fingerprint density at radius 3 is 2.59 bits per heavy atom. The van der Waals surface area contributed by atoms with Crippen LogP contribution in [0, 0.1) is 0 Å². The predicted molar refractivity (Wildman–Crippen MR) is 88.4 cm³/mol. The van der Waals surface area contributed by atoms with Gasteiger partial charge in [-0.1, -0.05) is 15.9 Å². The standard InChI is InChI=1S/C14H21BrN2O4S/c1-5-21-12-7-6-11(15)8-13(12)22(19,20)17(4)9-14(18)16-10(2)3/h6-8,10H,5,9H2,1-4H3,(H,16,18). The zero-order chi connectivity index (χ0) is 16.9. The Morgan fingerprint density at radius 2 is 2.05 bits per heavy atom. The van der Waals surface area contributed by atoms with E-state index in [0.717, 1.165) is 4.31 Å². The van der Waals surface area contributed by atoms with Crippen LogP contribution in [-0.2, 0) is 14.8 Å². The van der Waals surface area contributed by atoms with Crippen LogP contribution in [0.1, 0.15) is 20.8 Å². The van der Waals surface area contributed by atoms with E-state index in [1.54, 1.807) is 19.1 Å². The fourth-order valence-electron chi connectivity index (χ4n) is 1.78. The number of carbonyl (C=O) groups is 1. The zero-order valence-corrected chi connectivity index (χ0v) is 15.5. The molecule has 0 aromatic heterocycles. The number of hydrogen-bond acceptors (Lipinski definition) is 4. The Hall–Kier alpha value is -1.12. The Labute approximate surface area is 140 Å². The molecule has 1 amide bonds. The molecule has 0 aliphatic heterocycles. The number of sulfonamides is 1. The van der Waals surface area contributed by atoms with Gasteiger partial charge in [0.1, 0.15) is 10.6 Å². The lowest BCUT2D eigenvalue weighted by Crippen LogP contribution is -2.40. The van der Waals surface area contributed by atoms with Gasteiger partial charge in [-0.3, -0.25) is 4.79 Å². The van der Waals surface area contributed by atoms with Crippen molar-refractivity contribution in [1.29, 1.82) is 0 Å². The SMILES string of the molecule is CCOc1ccc(Br)cc1S(=O)(=O)N(C)CC(=O)NC(C)C. The molecule has 1 aromatic carbocycles. The summed E-state index contributed by atoms with van der Waals surface area (Å²) in [4.78, 5) is 11.8. The van der Waals surface area contributed by atoms with Crippen molar-refractivity contribution < 1.29 is 17.9 Å². The summed E-state index contributed by atoms with van der Waals surface area (Å²) in [7, 11) is -2.46. The van der Waals surface area contributed by atoms with Crippen LogP contribution in [0.3, 0.4) is 0 Å². The molecule has 0 fully saturated rings. The van der Waals surface area contributed by atoms with Crippen LogP contribution in [0.15, 0.2) is 27.6 Å². The number of halogens is 1. The fraction of sp³-hybridized carbons (Fsp3) is 0.500. The minimum Gasteiger partial charge on any atom is -0.492 e. The van der Waals surface area contributed by atoms with Crippen molar-refractivity contribution in [1.82, 2.24) is 9.62 Å². The molecule has 0 radical (unpaired) electrons. The van der Waals surface area contributed by atoms with E-state index in [-0.39, 0.29) is 29.1 Å². The number of hydrogen-bond donors (Lipinski definition) is 1. The highest BCUT2D eigenvalue weighted by molar-refractivity contribution is 9.10. The topological polar surface area (TPSA) is 75.7 Å². The lowest BCUT2D eigenvalue weighted by molar-refractivity contribution is -0.121. The minimum absolute atomic E-state index is 0.0311. The van der Waals surface area contributed by atoms with Gasteiger partial charge in [0, 0.05) is 17.6 Å². The van der Waals surface area contributed by atoms with E-state index in [9.17, 15) is 13.2 Å². The van der Waals surface area contributed by atoms with Crippen molar-refractivity contribution in [2.45, 2.75) is 31.7 Å². The molecule has 0 aliphatic rings. The molecule has 0 bridgehead atoms. The molecule has 0 saturated heterocycles. The predicted octanol–water partition coefficient (Wildman–Crippen LogP) is 1.99. The van der Waals surface area contributed by atoms with Crippen molar-refractivity contribution in [3.63, 3.8) is 0 Å². The summed E-state index contributed by atoms with van der Waals surface area (Å²) in [5.74, 6) is -0.0872. The molecule has 124 valence electrons. The summed E-state index contributed by atoms with van der Waals surface area (Å²) in [6.45, 7) is 5.50. The van der Waals surface area contributed by atoms with Crippen LogP contribution in [0.4, 0.5) is 0 Å². The van der Waals surface area contributed by atoms with E-state index in [2.05, 4.69) is 21.2 Å². The summed E-state index contributed by atoms with van der Waals surface area (Å²) in [6.07, 6.45) is 0. The van der Waals surface area contributed by atoms with E-state index >= 15 is 0 Å². The number of likely N-dealkylation sites (N-methyl/N-ethyl adjacent to an activating group) is 1. The highest BCUT2D eigenvalue weighted by atomic mass is 79.9. The monoisotopic (exact) mass is 392 g/mol. The largest absolute Gasteiger partial charge is 0.492 e. The number of ether oxygens (including phenoxy) is 1. The van der Waals surface area contributed by atoms with Gasteiger partial charge in [0.15, 0.2) is 0 Å². The number of amides is 1. The third-order valence-electron chi connectivity index (χ3n) is 2.71. The maximum atomic E-state index is 12.6. The molecule has 0 atom stereocenters. The van der Waals surface area contributed by atoms with Crippen LogP contribution in [0.25, 0.3) is 0 Å². The van der Waals surface area contributed by atoms with Crippen molar-refractivity contribution in [3.05, 3.63) is 22.7 Å². The summed E-state index contributed by atoms with van der Waals surface area (Å²) >= 11 is 3.25. The molecule has 0 spiro atoms. The average Bonchev–Trinajstić information content (AvgIpc) is 2.39. The van der Waals surface area contributed by atoms with Gasteiger partial charge in [-0.15, -0.1) is 0 Å². The van der Waals surface area contributed by atoms with Gasteiger partial charge in [0.2, 0.25) is 15.9 Å². The third-order valence-corrected chi connectivity index (χ3v) is 5.03. The molecule has 1 N–H and O–H groups in total. The second-order valence-corrected chi connectivity index (χ2v) is 7.94. The van der Waals surface area contributed by atoms with Crippen LogP contribution in [0.5, 0.6) is 5.75 Å². The zero-order valence-electron chi connectivity index (χ0n) is 13.1. The molecule has 8 heteroatoms. The molecular weight excluding hydrogens is 372 g/mol. The Kier molecular flexibility index (Phi) is 6.83. The molecule has 1 rings (SSSR count). The Morgan fingerprint density at radius 1 is 1.41 bits per heavy atom. The Bertz CT molecular complexity index is 632. The van der Waals surface area contributed by atoms with Crippen LogP contribution in [-0.4, -0.2) is 44.9 Å². The van der Waals surface area contributed by atoms with Gasteiger partial charge in [0.05, 0.1) is 13.2 Å². The number of nitrogens with one attached hydrogen (secondary N) is 1. The van der Waals surface area contributed by atoms with Gasteiger partial charge >= 0.3 is 0 Å². The second-order valence-electron chi connectivity index (χ2n) is 5.01. The highest BCUT2D eigenvalue weighted by Crippen LogP contribution is 2.29. The number of nitrogens with zero attached hydrogens (tertiary/aromatic N) is 1. The van der Waals surface area contributed by atoms with Crippen LogP contribution < -0.4 is 10.1 Å². The van der Waals surface area contributed by atoms with Crippen molar-refractivity contribution in [3.8, 4) is 5.75 Å². The average molecular weight is 393 g/mol. The Balaban J connectivity index is 3.07. The third kappa shape index (κ3) is 4.96. The first-order valence-corrected chi connectivity index (χ1v) is 9.09. The molecule has 0 aliphatic carbocycles. The fourth-order valence-corrected chi connectivity index (χ4v) is 3.57. The first kappa shape index (κ1) is 18.9. The lowest BCUT2D eigenvalue weighted by Gasteiger charge is -2.19. The van der Waals surface area contributed by atoms with Gasteiger partial charge in [-0.25, -0.2) is 8.42 Å². The summed E-state index contributed by atoms with van der Waals surface area (Å²) in [5.41, 5.74) is 0. The molecular formula is C14H21BrN2O4S. The van der Waals surface area contributed by atoms with E-state index in [1.165, 1.54) is 13.1 Å². The van der Waals surface area contributed by atoms with Gasteiger partial charge in [0.25, 0.3) is 0 Å². The number of rotatable bonds is 7. The first-order chi connectivity index (χ1) is 10.2. The van der Waals surface area contributed by atoms with Crippen molar-refractivity contribution in [2.24, 2.45) is 0 Å². The highest BCUT2D eigenvalue weighted by Gasteiger charge is 2.27. The minimum atomic E-state index is -3.83. The lowest BCUT2D eigenvalue weighted by atomic mass is 10.3. The summed E-state index contributed by atoms with van der Waals surface area (Å²) < 4.78 is 32.3.